The van der Waals surface area contributed by atoms with E-state index in [0.717, 1.165) is 25.0 Å². The molecule has 2 heterocycles. The highest BCUT2D eigenvalue weighted by Crippen LogP contribution is 2.28. The molecule has 0 fully saturated rings. The molecule has 0 saturated carbocycles. The molecule has 122 valence electrons. The van der Waals surface area contributed by atoms with Gasteiger partial charge in [0, 0.05) is 4.88 Å². The van der Waals surface area contributed by atoms with Crippen molar-refractivity contribution in [3.05, 3.63) is 34.7 Å². The van der Waals surface area contributed by atoms with Crippen molar-refractivity contribution in [3.63, 3.8) is 0 Å². The maximum atomic E-state index is 12.2. The number of amides is 2. The third-order valence-corrected chi connectivity index (χ3v) is 4.88. The number of hydrogen-bond donors (Lipinski definition) is 2. The first-order chi connectivity index (χ1) is 11.1. The van der Waals surface area contributed by atoms with Gasteiger partial charge in [-0.15, -0.1) is 11.3 Å². The Labute approximate surface area is 138 Å². The maximum Gasteiger partial charge on any atom is 0.287 e. The van der Waals surface area contributed by atoms with Crippen LogP contribution in [-0.4, -0.2) is 22.8 Å². The van der Waals surface area contributed by atoms with Crippen LogP contribution < -0.4 is 10.6 Å². The smallest absolute Gasteiger partial charge is 0.287 e. The Morgan fingerprint density at radius 3 is 2.91 bits per heavy atom. The predicted molar refractivity (Wildman–Crippen MR) is 87.6 cm³/mol. The number of hydrogen-bond acceptors (Lipinski definition) is 5. The Balaban J connectivity index is 1.59. The first-order valence-corrected chi connectivity index (χ1v) is 8.59. The molecule has 7 heteroatoms. The number of rotatable bonds is 4. The molecule has 2 aromatic rings. The molecule has 0 aromatic carbocycles. The Morgan fingerprint density at radius 2 is 2.13 bits per heavy atom. The number of nitrogens with one attached hydrogen (secondary N) is 2. The van der Waals surface area contributed by atoms with Crippen molar-refractivity contribution < 1.29 is 14.0 Å². The molecule has 3 rings (SSSR count). The molecule has 0 aliphatic heterocycles. The topological polar surface area (TPSA) is 84.2 Å². The van der Waals surface area contributed by atoms with Crippen molar-refractivity contribution >= 4 is 28.3 Å². The molecule has 1 aliphatic rings. The van der Waals surface area contributed by atoms with Crippen LogP contribution >= 0.6 is 11.3 Å². The lowest BCUT2D eigenvalue weighted by molar-refractivity contribution is -0.117. The zero-order chi connectivity index (χ0) is 16.2. The van der Waals surface area contributed by atoms with Gasteiger partial charge in [-0.3, -0.25) is 9.59 Å². The molecule has 2 aromatic heterocycles. The van der Waals surface area contributed by atoms with Gasteiger partial charge in [-0.1, -0.05) is 6.42 Å². The predicted octanol–water partition coefficient (Wildman–Crippen LogP) is 2.76. The molecule has 1 aliphatic carbocycles. The Morgan fingerprint density at radius 1 is 1.30 bits per heavy atom. The van der Waals surface area contributed by atoms with Crippen LogP contribution in [0.5, 0.6) is 0 Å². The second-order valence-corrected chi connectivity index (χ2v) is 6.69. The van der Waals surface area contributed by atoms with Gasteiger partial charge in [-0.25, -0.2) is 4.98 Å². The zero-order valence-electron chi connectivity index (χ0n) is 12.9. The highest BCUT2D eigenvalue weighted by atomic mass is 32.1. The number of anilines is 1. The molecule has 0 bridgehead atoms. The van der Waals surface area contributed by atoms with Gasteiger partial charge in [0.2, 0.25) is 5.91 Å². The summed E-state index contributed by atoms with van der Waals surface area (Å²) in [6.07, 6.45) is 7.00. The number of carbonyl (C=O) groups is 2. The number of furan rings is 1. The lowest BCUT2D eigenvalue weighted by Crippen LogP contribution is -2.41. The van der Waals surface area contributed by atoms with Crippen LogP contribution in [0, 0.1) is 0 Å². The van der Waals surface area contributed by atoms with Gasteiger partial charge in [-0.05, 0) is 44.7 Å². The summed E-state index contributed by atoms with van der Waals surface area (Å²) in [5.74, 6) is -0.507. The average molecular weight is 333 g/mol. The van der Waals surface area contributed by atoms with Crippen molar-refractivity contribution in [2.45, 2.75) is 45.1 Å². The van der Waals surface area contributed by atoms with Crippen LogP contribution in [0.25, 0.3) is 0 Å². The molecule has 2 N–H and O–H groups in total. The number of thiazole rings is 1. The summed E-state index contributed by atoms with van der Waals surface area (Å²) in [6.45, 7) is 1.63. The van der Waals surface area contributed by atoms with Crippen molar-refractivity contribution in [1.29, 1.82) is 0 Å². The first kappa shape index (κ1) is 15.7. The van der Waals surface area contributed by atoms with Gasteiger partial charge in [-0.2, -0.15) is 0 Å². The van der Waals surface area contributed by atoms with E-state index in [-0.39, 0.29) is 11.7 Å². The Hall–Kier alpha value is -2.15. The second kappa shape index (κ2) is 6.95. The van der Waals surface area contributed by atoms with Crippen LogP contribution in [0.15, 0.2) is 22.8 Å². The zero-order valence-corrected chi connectivity index (χ0v) is 13.7. The minimum absolute atomic E-state index is 0.186. The van der Waals surface area contributed by atoms with Crippen molar-refractivity contribution in [2.75, 3.05) is 5.32 Å². The fourth-order valence-electron chi connectivity index (χ4n) is 2.54. The summed E-state index contributed by atoms with van der Waals surface area (Å²) in [7, 11) is 0. The lowest BCUT2D eigenvalue weighted by Gasteiger charge is -2.11. The van der Waals surface area contributed by atoms with Gasteiger partial charge in [0.05, 0.1) is 12.0 Å². The molecule has 0 saturated heterocycles. The SMILES string of the molecule is C[C@@H](NC(=O)c1ccco1)C(=O)Nc1nc2c(s1)CCCCC2. The number of nitrogens with zero attached hydrogens (tertiary/aromatic N) is 1. The molecular weight excluding hydrogens is 314 g/mol. The van der Waals surface area contributed by atoms with E-state index in [1.165, 1.54) is 35.3 Å². The molecule has 0 radical (unpaired) electrons. The number of fused-ring (bicyclic) bond motifs is 1. The summed E-state index contributed by atoms with van der Waals surface area (Å²) >= 11 is 1.54. The molecule has 1 atom stereocenters. The van der Waals surface area contributed by atoms with Crippen LogP contribution in [-0.2, 0) is 17.6 Å². The highest BCUT2D eigenvalue weighted by Gasteiger charge is 2.20. The monoisotopic (exact) mass is 333 g/mol. The first-order valence-electron chi connectivity index (χ1n) is 7.77. The van der Waals surface area contributed by atoms with Crippen LogP contribution in [0.3, 0.4) is 0 Å². The fraction of sp³-hybridized carbons (Fsp3) is 0.438. The van der Waals surface area contributed by atoms with Gasteiger partial charge >= 0.3 is 0 Å². The van der Waals surface area contributed by atoms with E-state index in [2.05, 4.69) is 15.6 Å². The third kappa shape index (κ3) is 3.79. The van der Waals surface area contributed by atoms with E-state index in [9.17, 15) is 9.59 Å². The fourth-order valence-corrected chi connectivity index (χ4v) is 3.59. The summed E-state index contributed by atoms with van der Waals surface area (Å²) in [4.78, 5) is 29.9. The van der Waals surface area contributed by atoms with Crippen molar-refractivity contribution in [1.82, 2.24) is 10.3 Å². The minimum Gasteiger partial charge on any atom is -0.459 e. The second-order valence-electron chi connectivity index (χ2n) is 5.61. The molecule has 0 unspecified atom stereocenters. The molecule has 6 nitrogen and oxygen atoms in total. The molecule has 2 amide bonds. The third-order valence-electron chi connectivity index (χ3n) is 3.81. The number of aromatic nitrogens is 1. The minimum atomic E-state index is -0.670. The largest absolute Gasteiger partial charge is 0.459 e. The van der Waals surface area contributed by atoms with Gasteiger partial charge in [0.1, 0.15) is 6.04 Å². The van der Waals surface area contributed by atoms with E-state index in [1.807, 2.05) is 0 Å². The summed E-state index contributed by atoms with van der Waals surface area (Å²) in [6, 6.07) is 2.51. The van der Waals surface area contributed by atoms with Crippen LogP contribution in [0.2, 0.25) is 0 Å². The Bertz CT molecular complexity index is 670. The van der Waals surface area contributed by atoms with Crippen LogP contribution in [0.1, 0.15) is 47.3 Å². The maximum absolute atomic E-state index is 12.2. The number of aryl methyl sites for hydroxylation is 2. The van der Waals surface area contributed by atoms with Crippen molar-refractivity contribution in [3.8, 4) is 0 Å². The van der Waals surface area contributed by atoms with Gasteiger partial charge in [0.25, 0.3) is 5.91 Å². The van der Waals surface area contributed by atoms with E-state index in [1.54, 1.807) is 19.1 Å². The lowest BCUT2D eigenvalue weighted by atomic mass is 10.2. The van der Waals surface area contributed by atoms with Crippen molar-refractivity contribution in [2.24, 2.45) is 0 Å². The summed E-state index contributed by atoms with van der Waals surface area (Å²) in [5.41, 5.74) is 1.11. The highest BCUT2D eigenvalue weighted by molar-refractivity contribution is 7.15. The molecule has 23 heavy (non-hydrogen) atoms. The van der Waals surface area contributed by atoms with E-state index in [0.29, 0.717) is 5.13 Å². The van der Waals surface area contributed by atoms with Crippen LogP contribution in [0.4, 0.5) is 5.13 Å². The summed E-state index contributed by atoms with van der Waals surface area (Å²) in [5, 5.41) is 6.01. The quantitative estimate of drug-likeness (QED) is 0.843. The van der Waals surface area contributed by atoms with E-state index in [4.69, 9.17) is 4.42 Å². The Kier molecular flexibility index (Phi) is 4.76. The van der Waals surface area contributed by atoms with E-state index >= 15 is 0 Å². The normalized spacial score (nSPS) is 15.3. The average Bonchev–Trinajstić information content (AvgIpc) is 3.13. The van der Waals surface area contributed by atoms with Gasteiger partial charge < -0.3 is 15.1 Å². The molecular formula is C16H19N3O3S. The standard InChI is InChI=1S/C16H19N3O3S/c1-10(17-15(21)12-7-5-9-22-12)14(20)19-16-18-11-6-3-2-4-8-13(11)23-16/h5,7,9-10H,2-4,6,8H2,1H3,(H,17,21)(H,18,19,20)/t10-/m1/s1. The van der Waals surface area contributed by atoms with Gasteiger partial charge in [0.15, 0.2) is 10.9 Å². The van der Waals surface area contributed by atoms with E-state index < -0.39 is 11.9 Å². The summed E-state index contributed by atoms with van der Waals surface area (Å²) < 4.78 is 5.01. The number of carbonyl (C=O) groups excluding carboxylic acids is 2. The molecule has 0 spiro atoms.